The lowest BCUT2D eigenvalue weighted by Gasteiger charge is -2.12. The van der Waals surface area contributed by atoms with E-state index in [2.05, 4.69) is 0 Å². The maximum atomic E-state index is 13.7. The summed E-state index contributed by atoms with van der Waals surface area (Å²) in [4.78, 5) is 0.639. The van der Waals surface area contributed by atoms with Crippen molar-refractivity contribution in [1.29, 1.82) is 0 Å². The zero-order chi connectivity index (χ0) is 11.5. The van der Waals surface area contributed by atoms with E-state index in [0.29, 0.717) is 4.90 Å². The third-order valence-electron chi connectivity index (χ3n) is 2.19. The van der Waals surface area contributed by atoms with E-state index in [-0.39, 0.29) is 11.9 Å². The Kier molecular flexibility index (Phi) is 3.63. The van der Waals surface area contributed by atoms with E-state index in [1.807, 2.05) is 30.5 Å². The minimum absolute atomic E-state index is 0.154. The molecule has 1 heterocycles. The SMILES string of the molecule is C[C@H](N)c1cccc(F)c1Sc1cccs1. The normalized spacial score (nSPS) is 12.7. The van der Waals surface area contributed by atoms with E-state index < -0.39 is 0 Å². The zero-order valence-corrected chi connectivity index (χ0v) is 10.4. The maximum absolute atomic E-state index is 13.7. The lowest BCUT2D eigenvalue weighted by Crippen LogP contribution is -2.07. The minimum atomic E-state index is -0.201. The summed E-state index contributed by atoms with van der Waals surface area (Å²) in [6.45, 7) is 1.87. The molecule has 0 amide bonds. The summed E-state index contributed by atoms with van der Waals surface area (Å²) < 4.78 is 14.8. The van der Waals surface area contributed by atoms with Crippen molar-refractivity contribution in [2.24, 2.45) is 5.73 Å². The Hall–Kier alpha value is -0.840. The smallest absolute Gasteiger partial charge is 0.137 e. The van der Waals surface area contributed by atoms with Gasteiger partial charge in [-0.15, -0.1) is 11.3 Å². The van der Waals surface area contributed by atoms with Crippen LogP contribution >= 0.6 is 23.1 Å². The predicted molar refractivity (Wildman–Crippen MR) is 67.4 cm³/mol. The van der Waals surface area contributed by atoms with Crippen molar-refractivity contribution >= 4 is 23.1 Å². The Labute approximate surface area is 102 Å². The van der Waals surface area contributed by atoms with E-state index >= 15 is 0 Å². The molecule has 0 fully saturated rings. The van der Waals surface area contributed by atoms with Gasteiger partial charge in [-0.1, -0.05) is 30.0 Å². The van der Waals surface area contributed by atoms with Crippen LogP contribution in [0.4, 0.5) is 4.39 Å². The van der Waals surface area contributed by atoms with Crippen molar-refractivity contribution in [3.8, 4) is 0 Å². The topological polar surface area (TPSA) is 26.0 Å². The summed E-state index contributed by atoms with van der Waals surface area (Å²) in [5, 5.41) is 1.98. The van der Waals surface area contributed by atoms with Gasteiger partial charge in [0.05, 0.1) is 9.10 Å². The number of benzene rings is 1. The van der Waals surface area contributed by atoms with Gasteiger partial charge in [0.1, 0.15) is 5.82 Å². The number of halogens is 1. The molecule has 0 saturated heterocycles. The fourth-order valence-corrected chi connectivity index (χ4v) is 3.36. The molecule has 1 aromatic carbocycles. The molecular weight excluding hydrogens is 241 g/mol. The molecule has 0 bridgehead atoms. The van der Waals surface area contributed by atoms with Gasteiger partial charge in [-0.2, -0.15) is 0 Å². The van der Waals surface area contributed by atoms with Crippen LogP contribution in [0, 0.1) is 5.82 Å². The summed E-state index contributed by atoms with van der Waals surface area (Å²) in [5.74, 6) is -0.201. The summed E-state index contributed by atoms with van der Waals surface area (Å²) >= 11 is 3.04. The van der Waals surface area contributed by atoms with Crippen LogP contribution in [-0.4, -0.2) is 0 Å². The lowest BCUT2D eigenvalue weighted by molar-refractivity contribution is 0.591. The van der Waals surface area contributed by atoms with E-state index in [0.717, 1.165) is 9.77 Å². The number of nitrogens with two attached hydrogens (primary N) is 1. The van der Waals surface area contributed by atoms with Crippen molar-refractivity contribution < 1.29 is 4.39 Å². The molecule has 0 aliphatic heterocycles. The van der Waals surface area contributed by atoms with E-state index in [1.54, 1.807) is 17.4 Å². The van der Waals surface area contributed by atoms with Gasteiger partial charge < -0.3 is 5.73 Å². The van der Waals surface area contributed by atoms with E-state index in [4.69, 9.17) is 5.73 Å². The second kappa shape index (κ2) is 4.99. The van der Waals surface area contributed by atoms with Gasteiger partial charge in [-0.05, 0) is 30.0 Å². The van der Waals surface area contributed by atoms with Crippen LogP contribution in [0.15, 0.2) is 44.8 Å². The van der Waals surface area contributed by atoms with Crippen LogP contribution in [0.3, 0.4) is 0 Å². The molecule has 0 radical (unpaired) electrons. The Balaban J connectivity index is 2.38. The molecule has 0 unspecified atom stereocenters. The van der Waals surface area contributed by atoms with E-state index in [9.17, 15) is 4.39 Å². The molecule has 1 atom stereocenters. The summed E-state index contributed by atoms with van der Waals surface area (Å²) in [6, 6.07) is 8.84. The highest BCUT2D eigenvalue weighted by Gasteiger charge is 2.13. The summed E-state index contributed by atoms with van der Waals surface area (Å²) in [5.41, 5.74) is 6.70. The van der Waals surface area contributed by atoms with E-state index in [1.165, 1.54) is 17.8 Å². The van der Waals surface area contributed by atoms with Gasteiger partial charge in [0.2, 0.25) is 0 Å². The van der Waals surface area contributed by atoms with Gasteiger partial charge in [0, 0.05) is 6.04 Å². The predicted octanol–water partition coefficient (Wildman–Crippen LogP) is 4.06. The van der Waals surface area contributed by atoms with Crippen molar-refractivity contribution in [1.82, 2.24) is 0 Å². The molecule has 0 aliphatic carbocycles. The van der Waals surface area contributed by atoms with Crippen LogP contribution in [0.2, 0.25) is 0 Å². The Morgan fingerprint density at radius 3 is 2.75 bits per heavy atom. The molecule has 16 heavy (non-hydrogen) atoms. The molecule has 1 nitrogen and oxygen atoms in total. The fraction of sp³-hybridized carbons (Fsp3) is 0.167. The molecule has 0 aliphatic rings. The highest BCUT2D eigenvalue weighted by Crippen LogP contribution is 2.36. The van der Waals surface area contributed by atoms with Crippen LogP contribution in [0.5, 0.6) is 0 Å². The number of hydrogen-bond donors (Lipinski definition) is 1. The fourth-order valence-electron chi connectivity index (χ4n) is 1.41. The lowest BCUT2D eigenvalue weighted by atomic mass is 10.1. The molecule has 0 spiro atoms. The van der Waals surface area contributed by atoms with Gasteiger partial charge in [-0.25, -0.2) is 4.39 Å². The van der Waals surface area contributed by atoms with Crippen LogP contribution < -0.4 is 5.73 Å². The number of thiophene rings is 1. The highest BCUT2D eigenvalue weighted by molar-refractivity contribution is 8.01. The number of hydrogen-bond acceptors (Lipinski definition) is 3. The van der Waals surface area contributed by atoms with Crippen molar-refractivity contribution in [2.45, 2.75) is 22.1 Å². The first-order valence-corrected chi connectivity index (χ1v) is 6.63. The molecule has 84 valence electrons. The molecule has 2 aromatic rings. The first kappa shape index (κ1) is 11.6. The third kappa shape index (κ3) is 2.45. The average molecular weight is 253 g/mol. The first-order valence-electron chi connectivity index (χ1n) is 4.94. The van der Waals surface area contributed by atoms with Crippen LogP contribution in [0.25, 0.3) is 0 Å². The van der Waals surface area contributed by atoms with Gasteiger partial charge in [0.25, 0.3) is 0 Å². The summed E-state index contributed by atoms with van der Waals surface area (Å²) in [6.07, 6.45) is 0. The largest absolute Gasteiger partial charge is 0.324 e. The third-order valence-corrected chi connectivity index (χ3v) is 4.36. The monoisotopic (exact) mass is 253 g/mol. The van der Waals surface area contributed by atoms with Crippen LogP contribution in [-0.2, 0) is 0 Å². The first-order chi connectivity index (χ1) is 7.68. The number of rotatable bonds is 3. The summed E-state index contributed by atoms with van der Waals surface area (Å²) in [7, 11) is 0. The minimum Gasteiger partial charge on any atom is -0.324 e. The van der Waals surface area contributed by atoms with Gasteiger partial charge in [0.15, 0.2) is 0 Å². The molecule has 1 aromatic heterocycles. The highest BCUT2D eigenvalue weighted by atomic mass is 32.2. The molecular formula is C12H12FNS2. The molecule has 2 rings (SSSR count). The zero-order valence-electron chi connectivity index (χ0n) is 8.81. The Bertz CT molecular complexity index is 466. The standard InChI is InChI=1S/C12H12FNS2/c1-8(14)9-4-2-5-10(13)12(9)16-11-6-3-7-15-11/h2-8H,14H2,1H3/t8-/m0/s1. The molecule has 2 N–H and O–H groups in total. The van der Waals surface area contributed by atoms with Gasteiger partial charge in [-0.3, -0.25) is 0 Å². The van der Waals surface area contributed by atoms with Crippen molar-refractivity contribution in [3.63, 3.8) is 0 Å². The second-order valence-electron chi connectivity index (χ2n) is 3.48. The Morgan fingerprint density at radius 2 is 2.12 bits per heavy atom. The maximum Gasteiger partial charge on any atom is 0.137 e. The molecule has 0 saturated carbocycles. The average Bonchev–Trinajstić information content (AvgIpc) is 2.73. The Morgan fingerprint density at radius 1 is 1.31 bits per heavy atom. The van der Waals surface area contributed by atoms with Crippen LogP contribution in [0.1, 0.15) is 18.5 Å². The quantitative estimate of drug-likeness (QED) is 0.892. The van der Waals surface area contributed by atoms with Crippen molar-refractivity contribution in [3.05, 3.63) is 47.1 Å². The van der Waals surface area contributed by atoms with Gasteiger partial charge >= 0.3 is 0 Å². The second-order valence-corrected chi connectivity index (χ2v) is 5.74. The molecule has 4 heteroatoms. The van der Waals surface area contributed by atoms with Crippen molar-refractivity contribution in [2.75, 3.05) is 0 Å².